The monoisotopic (exact) mass is 329 g/mol. The lowest BCUT2D eigenvalue weighted by Crippen LogP contribution is -2.48. The van der Waals surface area contributed by atoms with Gasteiger partial charge in [0.1, 0.15) is 6.33 Å². The molecule has 0 aromatic carbocycles. The van der Waals surface area contributed by atoms with Crippen molar-refractivity contribution in [3.8, 4) is 0 Å². The highest BCUT2D eigenvalue weighted by molar-refractivity contribution is 5.76. The van der Waals surface area contributed by atoms with Crippen LogP contribution in [0.1, 0.15) is 24.1 Å². The molecule has 24 heavy (non-hydrogen) atoms. The van der Waals surface area contributed by atoms with Crippen molar-refractivity contribution in [1.82, 2.24) is 35.0 Å². The summed E-state index contributed by atoms with van der Waals surface area (Å²) in [7, 11) is 0. The number of aryl methyl sites for hydroxylation is 2. The van der Waals surface area contributed by atoms with E-state index in [4.69, 9.17) is 0 Å². The zero-order valence-electron chi connectivity index (χ0n) is 14.0. The molecule has 0 spiro atoms. The highest BCUT2D eigenvalue weighted by Gasteiger charge is 2.21. The molecule has 8 heteroatoms. The number of amides is 1. The molecule has 0 radical (unpaired) electrons. The Balaban J connectivity index is 1.39. The molecule has 2 aromatic rings. The SMILES string of the molecule is Cc1cccnc1CN1CCN(C(=O)CCCn2cnnn2)CC1. The van der Waals surface area contributed by atoms with Gasteiger partial charge in [-0.3, -0.25) is 14.7 Å². The van der Waals surface area contributed by atoms with Crippen molar-refractivity contribution in [1.29, 1.82) is 0 Å². The number of tetrazole rings is 1. The van der Waals surface area contributed by atoms with Crippen LogP contribution in [0.15, 0.2) is 24.7 Å². The van der Waals surface area contributed by atoms with Crippen molar-refractivity contribution in [2.24, 2.45) is 0 Å². The van der Waals surface area contributed by atoms with Crippen LogP contribution in [0.25, 0.3) is 0 Å². The Morgan fingerprint density at radius 3 is 2.79 bits per heavy atom. The van der Waals surface area contributed by atoms with Crippen LogP contribution in [0.4, 0.5) is 0 Å². The maximum Gasteiger partial charge on any atom is 0.222 e. The molecular formula is C16H23N7O. The molecule has 0 bridgehead atoms. The van der Waals surface area contributed by atoms with Gasteiger partial charge >= 0.3 is 0 Å². The van der Waals surface area contributed by atoms with E-state index in [9.17, 15) is 4.79 Å². The van der Waals surface area contributed by atoms with Gasteiger partial charge in [-0.15, -0.1) is 5.10 Å². The zero-order valence-corrected chi connectivity index (χ0v) is 14.0. The minimum absolute atomic E-state index is 0.219. The minimum atomic E-state index is 0.219. The van der Waals surface area contributed by atoms with Crippen LogP contribution in [0.3, 0.4) is 0 Å². The van der Waals surface area contributed by atoms with E-state index in [2.05, 4.69) is 38.4 Å². The molecule has 2 aromatic heterocycles. The van der Waals surface area contributed by atoms with Gasteiger partial charge in [-0.2, -0.15) is 0 Å². The predicted molar refractivity (Wildman–Crippen MR) is 87.9 cm³/mol. The van der Waals surface area contributed by atoms with E-state index in [0.717, 1.165) is 44.8 Å². The number of rotatable bonds is 6. The molecule has 0 unspecified atom stereocenters. The number of carbonyl (C=O) groups excluding carboxylic acids is 1. The Morgan fingerprint density at radius 2 is 2.08 bits per heavy atom. The smallest absolute Gasteiger partial charge is 0.222 e. The summed E-state index contributed by atoms with van der Waals surface area (Å²) in [4.78, 5) is 21.1. The molecule has 0 atom stereocenters. The summed E-state index contributed by atoms with van der Waals surface area (Å²) in [5, 5.41) is 11.0. The van der Waals surface area contributed by atoms with Gasteiger partial charge in [0.15, 0.2) is 0 Å². The second kappa shape index (κ2) is 7.96. The highest BCUT2D eigenvalue weighted by Crippen LogP contribution is 2.11. The topological polar surface area (TPSA) is 80.0 Å². The first kappa shape index (κ1) is 16.5. The van der Waals surface area contributed by atoms with Crippen molar-refractivity contribution in [2.75, 3.05) is 26.2 Å². The van der Waals surface area contributed by atoms with Gasteiger partial charge in [0.25, 0.3) is 0 Å². The van der Waals surface area contributed by atoms with Gasteiger partial charge in [-0.05, 0) is 35.4 Å². The fourth-order valence-electron chi connectivity index (χ4n) is 2.88. The van der Waals surface area contributed by atoms with Crippen molar-refractivity contribution >= 4 is 5.91 Å². The molecular weight excluding hydrogens is 306 g/mol. The lowest BCUT2D eigenvalue weighted by Gasteiger charge is -2.34. The molecule has 3 rings (SSSR count). The number of piperazine rings is 1. The van der Waals surface area contributed by atoms with E-state index >= 15 is 0 Å². The van der Waals surface area contributed by atoms with E-state index in [1.54, 1.807) is 11.0 Å². The van der Waals surface area contributed by atoms with E-state index in [-0.39, 0.29) is 5.91 Å². The summed E-state index contributed by atoms with van der Waals surface area (Å²) >= 11 is 0. The first-order valence-electron chi connectivity index (χ1n) is 8.34. The number of hydrogen-bond donors (Lipinski definition) is 0. The fraction of sp³-hybridized carbons (Fsp3) is 0.562. The van der Waals surface area contributed by atoms with Gasteiger partial charge < -0.3 is 4.90 Å². The Morgan fingerprint density at radius 1 is 1.25 bits per heavy atom. The van der Waals surface area contributed by atoms with Crippen molar-refractivity contribution < 1.29 is 4.79 Å². The standard InChI is InChI=1S/C16H23N7O/c1-14-4-2-6-17-15(14)12-21-8-10-22(11-9-21)16(24)5-3-7-23-13-18-19-20-23/h2,4,6,13H,3,5,7-12H2,1H3. The lowest BCUT2D eigenvalue weighted by atomic mass is 10.2. The summed E-state index contributed by atoms with van der Waals surface area (Å²) < 4.78 is 1.65. The molecule has 1 amide bonds. The highest BCUT2D eigenvalue weighted by atomic mass is 16.2. The maximum absolute atomic E-state index is 12.3. The van der Waals surface area contributed by atoms with Crippen LogP contribution in [-0.4, -0.2) is 67.1 Å². The second-order valence-corrected chi connectivity index (χ2v) is 6.10. The normalized spacial score (nSPS) is 15.6. The number of pyridine rings is 1. The zero-order chi connectivity index (χ0) is 16.8. The van der Waals surface area contributed by atoms with Crippen LogP contribution in [0.2, 0.25) is 0 Å². The quantitative estimate of drug-likeness (QED) is 0.768. The van der Waals surface area contributed by atoms with E-state index < -0.39 is 0 Å². The Labute approximate surface area is 141 Å². The van der Waals surface area contributed by atoms with Crippen LogP contribution in [0, 0.1) is 6.92 Å². The Hall–Kier alpha value is -2.35. The maximum atomic E-state index is 12.3. The Bertz CT molecular complexity index is 650. The van der Waals surface area contributed by atoms with E-state index in [1.165, 1.54) is 5.56 Å². The van der Waals surface area contributed by atoms with Crippen LogP contribution in [-0.2, 0) is 17.9 Å². The molecule has 0 aliphatic carbocycles. The fourth-order valence-corrected chi connectivity index (χ4v) is 2.88. The summed E-state index contributed by atoms with van der Waals surface area (Å²) in [6.07, 6.45) is 4.71. The first-order valence-corrected chi connectivity index (χ1v) is 8.34. The third kappa shape index (κ3) is 4.35. The molecule has 0 N–H and O–H groups in total. The average molecular weight is 329 g/mol. The summed E-state index contributed by atoms with van der Waals surface area (Å²) in [6.45, 7) is 6.99. The van der Waals surface area contributed by atoms with Crippen molar-refractivity contribution in [3.63, 3.8) is 0 Å². The third-order valence-electron chi connectivity index (χ3n) is 4.39. The van der Waals surface area contributed by atoms with Crippen molar-refractivity contribution in [2.45, 2.75) is 32.9 Å². The molecule has 1 saturated heterocycles. The summed E-state index contributed by atoms with van der Waals surface area (Å²) in [6, 6.07) is 4.05. The number of nitrogens with zero attached hydrogens (tertiary/aromatic N) is 7. The summed E-state index contributed by atoms with van der Waals surface area (Å²) in [5.41, 5.74) is 2.34. The van der Waals surface area contributed by atoms with E-state index in [0.29, 0.717) is 13.0 Å². The molecule has 3 heterocycles. The minimum Gasteiger partial charge on any atom is -0.340 e. The molecule has 1 aliphatic heterocycles. The van der Waals surface area contributed by atoms with Gasteiger partial charge in [0.2, 0.25) is 5.91 Å². The third-order valence-corrected chi connectivity index (χ3v) is 4.39. The van der Waals surface area contributed by atoms with Gasteiger partial charge in [-0.25, -0.2) is 4.68 Å². The molecule has 1 aliphatic rings. The molecule has 1 fully saturated rings. The van der Waals surface area contributed by atoms with Crippen molar-refractivity contribution in [3.05, 3.63) is 35.9 Å². The van der Waals surface area contributed by atoms with Crippen LogP contribution >= 0.6 is 0 Å². The largest absolute Gasteiger partial charge is 0.340 e. The van der Waals surface area contributed by atoms with Gasteiger partial charge in [0.05, 0.1) is 5.69 Å². The summed E-state index contributed by atoms with van der Waals surface area (Å²) in [5.74, 6) is 0.219. The Kier molecular flexibility index (Phi) is 5.47. The average Bonchev–Trinajstić information content (AvgIpc) is 3.11. The predicted octanol–water partition coefficient (Wildman–Crippen LogP) is 0.501. The molecule has 128 valence electrons. The van der Waals surface area contributed by atoms with Crippen LogP contribution in [0.5, 0.6) is 0 Å². The number of carbonyl (C=O) groups is 1. The molecule has 0 saturated carbocycles. The number of aromatic nitrogens is 5. The second-order valence-electron chi connectivity index (χ2n) is 6.10. The van der Waals surface area contributed by atoms with Gasteiger partial charge in [-0.1, -0.05) is 6.07 Å². The lowest BCUT2D eigenvalue weighted by molar-refractivity contribution is -0.133. The van der Waals surface area contributed by atoms with Crippen LogP contribution < -0.4 is 0 Å². The molecule has 8 nitrogen and oxygen atoms in total. The first-order chi connectivity index (χ1) is 11.7. The number of hydrogen-bond acceptors (Lipinski definition) is 6. The van der Waals surface area contributed by atoms with E-state index in [1.807, 2.05) is 17.2 Å². The van der Waals surface area contributed by atoms with Gasteiger partial charge in [0, 0.05) is 51.9 Å².